The quantitative estimate of drug-likeness (QED) is 0.370. The lowest BCUT2D eigenvalue weighted by Gasteiger charge is -1.99. The third-order valence-corrected chi connectivity index (χ3v) is 1.73. The summed E-state index contributed by atoms with van der Waals surface area (Å²) in [7, 11) is 0. The predicted molar refractivity (Wildman–Crippen MR) is 47.9 cm³/mol. The van der Waals surface area contributed by atoms with E-state index < -0.39 is 18.0 Å². The number of carbonyl (C=O) groups excluding carboxylic acids is 3. The van der Waals surface area contributed by atoms with Crippen LogP contribution in [0.15, 0.2) is 4.99 Å². The van der Waals surface area contributed by atoms with E-state index in [-0.39, 0.29) is 18.6 Å². The fourth-order valence-corrected chi connectivity index (χ4v) is 1.23. The molecule has 0 bridgehead atoms. The van der Waals surface area contributed by atoms with E-state index in [1.807, 2.05) is 0 Å². The van der Waals surface area contributed by atoms with Crippen molar-refractivity contribution in [1.29, 1.82) is 0 Å². The van der Waals surface area contributed by atoms with Crippen molar-refractivity contribution in [3.63, 3.8) is 0 Å². The lowest BCUT2D eigenvalue weighted by molar-refractivity contribution is -0.152. The molecule has 1 aliphatic heterocycles. The highest BCUT2D eigenvalue weighted by Crippen LogP contribution is 2.12. The Morgan fingerprint density at radius 1 is 1.50 bits per heavy atom. The summed E-state index contributed by atoms with van der Waals surface area (Å²) < 4.78 is 4.31. The highest BCUT2D eigenvalue weighted by Gasteiger charge is 2.32. The molecule has 0 N–H and O–H groups in total. The van der Waals surface area contributed by atoms with Crippen LogP contribution in [0.3, 0.4) is 0 Å². The largest absolute Gasteiger partial charge is 0.391 e. The molecule has 1 saturated heterocycles. The van der Waals surface area contributed by atoms with Gasteiger partial charge in [0, 0.05) is 12.1 Å². The van der Waals surface area contributed by atoms with Crippen LogP contribution in [0.1, 0.15) is 26.7 Å². The van der Waals surface area contributed by atoms with Gasteiger partial charge in [0.1, 0.15) is 5.78 Å². The highest BCUT2D eigenvalue weighted by molar-refractivity contribution is 6.02. The van der Waals surface area contributed by atoms with E-state index in [1.54, 1.807) is 6.92 Å². The number of cyclic esters (lactones) is 2. The van der Waals surface area contributed by atoms with Crippen molar-refractivity contribution in [2.75, 3.05) is 0 Å². The minimum Gasteiger partial charge on any atom is -0.391 e. The molecule has 14 heavy (non-hydrogen) atoms. The van der Waals surface area contributed by atoms with E-state index in [0.717, 1.165) is 0 Å². The van der Waals surface area contributed by atoms with Crippen LogP contribution in [0.5, 0.6) is 0 Å². The van der Waals surface area contributed by atoms with Crippen LogP contribution in [0.2, 0.25) is 0 Å². The Hall–Kier alpha value is -1.52. The maximum atomic E-state index is 11.0. The fraction of sp³-hybridized carbons (Fsp3) is 0.556. The first-order chi connectivity index (χ1) is 6.49. The van der Waals surface area contributed by atoms with Crippen LogP contribution in [-0.4, -0.2) is 29.5 Å². The molecule has 1 fully saturated rings. The first kappa shape index (κ1) is 10.6. The van der Waals surface area contributed by atoms with Crippen molar-refractivity contribution in [2.24, 2.45) is 4.99 Å². The van der Waals surface area contributed by atoms with Gasteiger partial charge >= 0.3 is 11.9 Å². The van der Waals surface area contributed by atoms with E-state index in [9.17, 15) is 14.4 Å². The van der Waals surface area contributed by atoms with Gasteiger partial charge in [0.2, 0.25) is 0 Å². The van der Waals surface area contributed by atoms with Crippen molar-refractivity contribution >= 4 is 23.4 Å². The Morgan fingerprint density at radius 3 is 2.57 bits per heavy atom. The Kier molecular flexibility index (Phi) is 3.11. The van der Waals surface area contributed by atoms with E-state index in [0.29, 0.717) is 5.71 Å². The van der Waals surface area contributed by atoms with Gasteiger partial charge in [-0.1, -0.05) is 0 Å². The topological polar surface area (TPSA) is 72.8 Å². The smallest absolute Gasteiger partial charge is 0.339 e. The summed E-state index contributed by atoms with van der Waals surface area (Å²) in [6.45, 7) is 3.09. The van der Waals surface area contributed by atoms with Gasteiger partial charge in [-0.3, -0.25) is 14.6 Å². The first-order valence-electron chi connectivity index (χ1n) is 4.26. The predicted octanol–water partition coefficient (Wildman–Crippen LogP) is 0.268. The normalized spacial score (nSPS) is 22.4. The van der Waals surface area contributed by atoms with Crippen molar-refractivity contribution < 1.29 is 19.1 Å². The zero-order valence-corrected chi connectivity index (χ0v) is 8.07. The molecule has 0 saturated carbocycles. The number of rotatable bonds is 3. The van der Waals surface area contributed by atoms with Crippen molar-refractivity contribution in [3.05, 3.63) is 0 Å². The third kappa shape index (κ3) is 2.76. The maximum Gasteiger partial charge on any atom is 0.339 e. The summed E-state index contributed by atoms with van der Waals surface area (Å²) >= 11 is 0. The number of hydrogen-bond acceptors (Lipinski definition) is 5. The summed E-state index contributed by atoms with van der Waals surface area (Å²) in [6.07, 6.45) is 0.187. The average molecular weight is 197 g/mol. The molecule has 0 aromatic rings. The van der Waals surface area contributed by atoms with Crippen LogP contribution in [0.4, 0.5) is 0 Å². The molecule has 0 radical (unpaired) electrons. The van der Waals surface area contributed by atoms with Gasteiger partial charge in [-0.15, -0.1) is 0 Å². The number of hydrogen-bond donors (Lipinski definition) is 0. The Morgan fingerprint density at radius 2 is 2.14 bits per heavy atom. The molecule has 0 amide bonds. The highest BCUT2D eigenvalue weighted by atomic mass is 16.6. The standard InChI is InChI=1S/C9H11NO4/c1-5(3-6(2)11)10-7-4-8(12)14-9(7)13/h7H,3-4H2,1-2H3/t7-/m0/s1. The molecule has 0 aliphatic carbocycles. The van der Waals surface area contributed by atoms with E-state index in [2.05, 4.69) is 9.73 Å². The number of carbonyl (C=O) groups is 3. The second-order valence-corrected chi connectivity index (χ2v) is 3.26. The van der Waals surface area contributed by atoms with Gasteiger partial charge in [0.05, 0.1) is 6.42 Å². The van der Waals surface area contributed by atoms with Gasteiger partial charge in [0.15, 0.2) is 6.04 Å². The van der Waals surface area contributed by atoms with Crippen molar-refractivity contribution in [2.45, 2.75) is 32.7 Å². The molecule has 1 heterocycles. The Bertz CT molecular complexity index is 319. The van der Waals surface area contributed by atoms with Gasteiger partial charge in [-0.25, -0.2) is 4.79 Å². The first-order valence-corrected chi connectivity index (χ1v) is 4.26. The Balaban J connectivity index is 2.62. The molecule has 5 nitrogen and oxygen atoms in total. The molecule has 0 aromatic carbocycles. The summed E-state index contributed by atoms with van der Waals surface area (Å²) in [4.78, 5) is 36.3. The fourth-order valence-electron chi connectivity index (χ4n) is 1.23. The van der Waals surface area contributed by atoms with Crippen molar-refractivity contribution in [3.8, 4) is 0 Å². The molecule has 76 valence electrons. The van der Waals surface area contributed by atoms with Gasteiger partial charge in [-0.05, 0) is 13.8 Å². The molecule has 1 atom stereocenters. The monoisotopic (exact) mass is 197 g/mol. The SMILES string of the molecule is CC(=O)CC(C)=N[C@H]1CC(=O)OC1=O. The summed E-state index contributed by atoms with van der Waals surface area (Å²) in [6, 6.07) is -0.748. The average Bonchev–Trinajstić information content (AvgIpc) is 2.28. The molecular formula is C9H11NO4. The van der Waals surface area contributed by atoms with Crippen LogP contribution >= 0.6 is 0 Å². The second kappa shape index (κ2) is 4.13. The molecule has 0 aromatic heterocycles. The molecule has 1 aliphatic rings. The van der Waals surface area contributed by atoms with E-state index >= 15 is 0 Å². The number of Topliss-reactive ketones (excluding diaryl/α,β-unsaturated/α-hetero) is 1. The van der Waals surface area contributed by atoms with E-state index in [4.69, 9.17) is 0 Å². The van der Waals surface area contributed by atoms with Gasteiger partial charge in [-0.2, -0.15) is 0 Å². The maximum absolute atomic E-state index is 11.0. The summed E-state index contributed by atoms with van der Waals surface area (Å²) in [5, 5.41) is 0. The van der Waals surface area contributed by atoms with Crippen molar-refractivity contribution in [1.82, 2.24) is 0 Å². The van der Waals surface area contributed by atoms with E-state index in [1.165, 1.54) is 6.92 Å². The summed E-state index contributed by atoms with van der Waals surface area (Å²) in [5.41, 5.74) is 0.550. The number of aliphatic imine (C=N–C) groups is 1. The molecule has 0 unspecified atom stereocenters. The molecule has 0 spiro atoms. The lowest BCUT2D eigenvalue weighted by atomic mass is 10.2. The zero-order valence-electron chi connectivity index (χ0n) is 8.07. The molecular weight excluding hydrogens is 186 g/mol. The van der Waals surface area contributed by atoms with Crippen LogP contribution in [-0.2, 0) is 19.1 Å². The lowest BCUT2D eigenvalue weighted by Crippen LogP contribution is -2.14. The zero-order chi connectivity index (χ0) is 10.7. The van der Waals surface area contributed by atoms with Crippen LogP contribution < -0.4 is 0 Å². The minimum absolute atomic E-state index is 0.0198. The van der Waals surface area contributed by atoms with Gasteiger partial charge < -0.3 is 4.74 Å². The molecule has 1 rings (SSSR count). The second-order valence-electron chi connectivity index (χ2n) is 3.26. The number of ether oxygens (including phenoxy) is 1. The Labute approximate surface area is 81.1 Å². The number of ketones is 1. The summed E-state index contributed by atoms with van der Waals surface area (Å²) in [5.74, 6) is -1.21. The molecule has 5 heteroatoms. The minimum atomic E-state index is -0.748. The van der Waals surface area contributed by atoms with Crippen LogP contribution in [0, 0.1) is 0 Å². The van der Waals surface area contributed by atoms with Crippen LogP contribution in [0.25, 0.3) is 0 Å². The number of esters is 2. The van der Waals surface area contributed by atoms with Gasteiger partial charge in [0.25, 0.3) is 0 Å². The third-order valence-electron chi connectivity index (χ3n) is 1.73. The number of nitrogens with zero attached hydrogens (tertiary/aromatic N) is 1.